The van der Waals surface area contributed by atoms with E-state index in [2.05, 4.69) is 9.97 Å². The predicted molar refractivity (Wildman–Crippen MR) is 76.0 cm³/mol. The first-order valence-electron chi connectivity index (χ1n) is 7.18. The van der Waals surface area contributed by atoms with Crippen molar-refractivity contribution in [2.45, 2.75) is 31.4 Å². The number of rotatable bonds is 4. The van der Waals surface area contributed by atoms with Crippen molar-refractivity contribution in [1.82, 2.24) is 14.9 Å². The van der Waals surface area contributed by atoms with Gasteiger partial charge < -0.3 is 19.5 Å². The Morgan fingerprint density at radius 1 is 1.45 bits per heavy atom. The number of aromatic hydroxyl groups is 1. The minimum Gasteiger partial charge on any atom is -0.505 e. The molecule has 1 aliphatic heterocycles. The van der Waals surface area contributed by atoms with E-state index in [9.17, 15) is 15.0 Å². The van der Waals surface area contributed by atoms with Crippen molar-refractivity contribution in [2.75, 3.05) is 6.54 Å². The van der Waals surface area contributed by atoms with Crippen molar-refractivity contribution in [3.63, 3.8) is 0 Å². The Bertz CT molecular complexity index is 627. The maximum absolute atomic E-state index is 12.5. The Kier molecular flexibility index (Phi) is 4.06. The second-order valence-corrected chi connectivity index (χ2v) is 5.33. The first-order chi connectivity index (χ1) is 10.6. The molecule has 2 N–H and O–H groups in total. The predicted octanol–water partition coefficient (Wildman–Crippen LogP) is 1.50. The first-order valence-corrected chi connectivity index (χ1v) is 7.18. The summed E-state index contributed by atoms with van der Waals surface area (Å²) in [5.74, 6) is 0.189. The lowest BCUT2D eigenvalue weighted by molar-refractivity contribution is 0.0630. The van der Waals surface area contributed by atoms with Crippen molar-refractivity contribution in [3.05, 3.63) is 42.4 Å². The van der Waals surface area contributed by atoms with Crippen LogP contribution in [-0.4, -0.2) is 43.6 Å². The van der Waals surface area contributed by atoms with Crippen LogP contribution < -0.4 is 0 Å². The molecular weight excluding hydrogens is 286 g/mol. The number of furan rings is 1. The Morgan fingerprint density at radius 3 is 2.91 bits per heavy atom. The van der Waals surface area contributed by atoms with Gasteiger partial charge >= 0.3 is 0 Å². The van der Waals surface area contributed by atoms with E-state index in [1.807, 2.05) is 0 Å². The molecule has 7 nitrogen and oxygen atoms in total. The lowest BCUT2D eigenvalue weighted by Gasteiger charge is -2.25. The number of aromatic nitrogens is 2. The van der Waals surface area contributed by atoms with Crippen molar-refractivity contribution in [3.8, 4) is 5.75 Å². The lowest BCUT2D eigenvalue weighted by Crippen LogP contribution is -2.37. The molecule has 22 heavy (non-hydrogen) atoms. The topological polar surface area (TPSA) is 99.7 Å². The number of likely N-dealkylation sites (tertiary alicyclic amines) is 1. The monoisotopic (exact) mass is 303 g/mol. The Hall–Kier alpha value is -2.41. The molecule has 0 radical (unpaired) electrons. The molecule has 2 atom stereocenters. The highest BCUT2D eigenvalue weighted by molar-refractivity contribution is 5.90. The largest absolute Gasteiger partial charge is 0.505 e. The number of aliphatic hydroxyl groups is 1. The fourth-order valence-corrected chi connectivity index (χ4v) is 2.76. The third-order valence-electron chi connectivity index (χ3n) is 3.83. The van der Waals surface area contributed by atoms with Gasteiger partial charge in [0, 0.05) is 19.0 Å². The van der Waals surface area contributed by atoms with Gasteiger partial charge in [-0.15, -0.1) is 0 Å². The molecule has 2 aromatic rings. The molecule has 0 aliphatic carbocycles. The molecule has 0 saturated carbocycles. The average molecular weight is 303 g/mol. The number of carbonyl (C=O) groups is 1. The molecule has 1 saturated heterocycles. The van der Waals surface area contributed by atoms with Gasteiger partial charge in [0.05, 0.1) is 18.7 Å². The van der Waals surface area contributed by atoms with Crippen LogP contribution in [0.15, 0.2) is 35.2 Å². The van der Waals surface area contributed by atoms with Crippen LogP contribution in [-0.2, 0) is 0 Å². The van der Waals surface area contributed by atoms with Crippen LogP contribution in [0.3, 0.4) is 0 Å². The Labute approximate surface area is 127 Å². The zero-order valence-corrected chi connectivity index (χ0v) is 11.9. The first kappa shape index (κ1) is 14.5. The molecule has 2 aromatic heterocycles. The third-order valence-corrected chi connectivity index (χ3v) is 3.83. The van der Waals surface area contributed by atoms with E-state index in [1.165, 1.54) is 18.7 Å². The lowest BCUT2D eigenvalue weighted by atomic mass is 10.1. The van der Waals surface area contributed by atoms with Gasteiger partial charge in [-0.2, -0.15) is 0 Å². The molecular formula is C15H17N3O4. The minimum atomic E-state index is -0.742. The number of aliphatic hydroxyl groups excluding tert-OH is 1. The van der Waals surface area contributed by atoms with Crippen molar-refractivity contribution >= 4 is 5.91 Å². The van der Waals surface area contributed by atoms with E-state index in [0.717, 1.165) is 12.8 Å². The summed E-state index contributed by atoms with van der Waals surface area (Å²) in [6, 6.07) is 3.36. The molecule has 3 heterocycles. The van der Waals surface area contributed by atoms with E-state index in [4.69, 9.17) is 4.42 Å². The summed E-state index contributed by atoms with van der Waals surface area (Å²) in [6.45, 7) is 0.610. The van der Waals surface area contributed by atoms with Gasteiger partial charge in [-0.1, -0.05) is 0 Å². The highest BCUT2D eigenvalue weighted by Gasteiger charge is 2.32. The molecule has 1 amide bonds. The van der Waals surface area contributed by atoms with E-state index < -0.39 is 6.10 Å². The SMILES string of the molecule is O=C(c1ncc(O)cn1)N1CCCC1CC(O)c1ccco1. The fraction of sp³-hybridized carbons (Fsp3) is 0.400. The van der Waals surface area contributed by atoms with Crippen LogP contribution in [0.1, 0.15) is 41.7 Å². The number of hydrogen-bond donors (Lipinski definition) is 2. The molecule has 0 spiro atoms. The van der Waals surface area contributed by atoms with Crippen LogP contribution in [0, 0.1) is 0 Å². The average Bonchev–Trinajstić information content (AvgIpc) is 3.18. The smallest absolute Gasteiger partial charge is 0.291 e. The maximum atomic E-state index is 12.5. The van der Waals surface area contributed by atoms with Gasteiger partial charge in [0.25, 0.3) is 5.91 Å². The second kappa shape index (κ2) is 6.15. The number of carbonyl (C=O) groups excluding carboxylic acids is 1. The highest BCUT2D eigenvalue weighted by atomic mass is 16.4. The summed E-state index contributed by atoms with van der Waals surface area (Å²) < 4.78 is 5.19. The van der Waals surface area contributed by atoms with Crippen LogP contribution in [0.2, 0.25) is 0 Å². The van der Waals surface area contributed by atoms with Crippen molar-refractivity contribution in [2.24, 2.45) is 0 Å². The summed E-state index contributed by atoms with van der Waals surface area (Å²) in [5.41, 5.74) is 0. The summed E-state index contributed by atoms with van der Waals surface area (Å²) in [6.07, 6.45) is 5.28. The summed E-state index contributed by atoms with van der Waals surface area (Å²) in [4.78, 5) is 21.8. The number of amides is 1. The Morgan fingerprint density at radius 2 is 2.23 bits per heavy atom. The van der Waals surface area contributed by atoms with Gasteiger partial charge in [-0.3, -0.25) is 4.79 Å². The quantitative estimate of drug-likeness (QED) is 0.888. The van der Waals surface area contributed by atoms with Gasteiger partial charge in [0.1, 0.15) is 11.9 Å². The standard InChI is InChI=1S/C15H17N3O4/c19-11-8-16-14(17-9-11)15(21)18-5-1-3-10(18)7-12(20)13-4-2-6-22-13/h2,4,6,8-10,12,19-20H,1,3,5,7H2. The zero-order chi connectivity index (χ0) is 15.5. The van der Waals surface area contributed by atoms with Crippen molar-refractivity contribution < 1.29 is 19.4 Å². The molecule has 1 fully saturated rings. The Balaban J connectivity index is 1.70. The molecule has 3 rings (SSSR count). The fourth-order valence-electron chi connectivity index (χ4n) is 2.76. The second-order valence-electron chi connectivity index (χ2n) is 5.33. The van der Waals surface area contributed by atoms with Gasteiger partial charge in [-0.25, -0.2) is 9.97 Å². The van der Waals surface area contributed by atoms with E-state index in [0.29, 0.717) is 18.7 Å². The van der Waals surface area contributed by atoms with Gasteiger partial charge in [0.15, 0.2) is 5.75 Å². The third kappa shape index (κ3) is 2.94. The van der Waals surface area contributed by atoms with Crippen LogP contribution >= 0.6 is 0 Å². The van der Waals surface area contributed by atoms with Crippen LogP contribution in [0.5, 0.6) is 5.75 Å². The molecule has 0 bridgehead atoms. The molecule has 7 heteroatoms. The molecule has 2 unspecified atom stereocenters. The van der Waals surface area contributed by atoms with Gasteiger partial charge in [-0.05, 0) is 25.0 Å². The highest BCUT2D eigenvalue weighted by Crippen LogP contribution is 2.28. The van der Waals surface area contributed by atoms with Crippen molar-refractivity contribution in [1.29, 1.82) is 0 Å². The maximum Gasteiger partial charge on any atom is 0.291 e. The van der Waals surface area contributed by atoms with Gasteiger partial charge in [0.2, 0.25) is 5.82 Å². The minimum absolute atomic E-state index is 0.0530. The molecule has 1 aliphatic rings. The van der Waals surface area contributed by atoms with Crippen LogP contribution in [0.25, 0.3) is 0 Å². The summed E-state index contributed by atoms with van der Waals surface area (Å²) in [7, 11) is 0. The van der Waals surface area contributed by atoms with E-state index >= 15 is 0 Å². The van der Waals surface area contributed by atoms with E-state index in [1.54, 1.807) is 17.0 Å². The summed E-state index contributed by atoms with van der Waals surface area (Å²) >= 11 is 0. The van der Waals surface area contributed by atoms with Crippen LogP contribution in [0.4, 0.5) is 0 Å². The zero-order valence-electron chi connectivity index (χ0n) is 11.9. The number of hydrogen-bond acceptors (Lipinski definition) is 6. The summed E-state index contributed by atoms with van der Waals surface area (Å²) in [5, 5.41) is 19.4. The molecule has 116 valence electrons. The number of nitrogens with zero attached hydrogens (tertiary/aromatic N) is 3. The normalized spacial score (nSPS) is 19.3. The van der Waals surface area contributed by atoms with E-state index in [-0.39, 0.29) is 23.5 Å². The molecule has 0 aromatic carbocycles.